The second-order valence-corrected chi connectivity index (χ2v) is 7.84. The molecule has 136 valence electrons. The summed E-state index contributed by atoms with van der Waals surface area (Å²) < 4.78 is 0. The number of hydrogen-bond donors (Lipinski definition) is 1. The van der Waals surface area contributed by atoms with E-state index >= 15 is 0 Å². The molecule has 0 aliphatic carbocycles. The molecule has 5 nitrogen and oxygen atoms in total. The molecule has 26 heavy (non-hydrogen) atoms. The van der Waals surface area contributed by atoms with E-state index in [9.17, 15) is 4.79 Å². The van der Waals surface area contributed by atoms with Crippen LogP contribution in [0, 0.1) is 11.8 Å². The van der Waals surface area contributed by atoms with Crippen LogP contribution in [0.4, 0.5) is 17.1 Å². The maximum Gasteiger partial charge on any atom is 0.246 e. The van der Waals surface area contributed by atoms with Crippen molar-refractivity contribution in [1.82, 2.24) is 9.88 Å². The molecule has 0 saturated carbocycles. The molecule has 2 aliphatic heterocycles. The summed E-state index contributed by atoms with van der Waals surface area (Å²) in [5.41, 5.74) is 9.94. The predicted octanol–water partition coefficient (Wildman–Crippen LogP) is 3.23. The summed E-state index contributed by atoms with van der Waals surface area (Å²) in [6.07, 6.45) is 5.30. The van der Waals surface area contributed by atoms with Crippen molar-refractivity contribution >= 4 is 23.0 Å². The molecule has 3 heterocycles. The van der Waals surface area contributed by atoms with Crippen LogP contribution in [-0.4, -0.2) is 34.9 Å². The molecule has 3 atom stereocenters. The minimum Gasteiger partial charge on any atom is -0.396 e. The second kappa shape index (κ2) is 6.63. The SMILES string of the molecule is C[C@@H]1C[C@H](C)CN(C(=O)[C@@H]2Cc3ccccc3N2c2ccncc2N)C1. The van der Waals surface area contributed by atoms with Crippen LogP contribution in [0.5, 0.6) is 0 Å². The minimum absolute atomic E-state index is 0.204. The number of nitrogens with zero attached hydrogens (tertiary/aromatic N) is 3. The van der Waals surface area contributed by atoms with Gasteiger partial charge in [0.1, 0.15) is 6.04 Å². The predicted molar refractivity (Wildman–Crippen MR) is 104 cm³/mol. The molecule has 0 spiro atoms. The summed E-state index contributed by atoms with van der Waals surface area (Å²) in [6, 6.07) is 9.89. The van der Waals surface area contributed by atoms with Crippen LogP contribution in [-0.2, 0) is 11.2 Å². The van der Waals surface area contributed by atoms with Gasteiger partial charge in [-0.05, 0) is 36.0 Å². The lowest BCUT2D eigenvalue weighted by Crippen LogP contribution is -2.50. The summed E-state index contributed by atoms with van der Waals surface area (Å²) in [6.45, 7) is 6.15. The summed E-state index contributed by atoms with van der Waals surface area (Å²) in [5, 5.41) is 0. The number of para-hydroxylation sites is 1. The Morgan fingerprint density at radius 2 is 1.85 bits per heavy atom. The highest BCUT2D eigenvalue weighted by Crippen LogP contribution is 2.41. The monoisotopic (exact) mass is 350 g/mol. The molecule has 1 saturated heterocycles. The van der Waals surface area contributed by atoms with Gasteiger partial charge in [0.25, 0.3) is 0 Å². The number of hydrogen-bond acceptors (Lipinski definition) is 4. The molecular weight excluding hydrogens is 324 g/mol. The maximum absolute atomic E-state index is 13.5. The number of carbonyl (C=O) groups is 1. The van der Waals surface area contributed by atoms with Gasteiger partial charge in [-0.3, -0.25) is 9.78 Å². The smallest absolute Gasteiger partial charge is 0.246 e. The van der Waals surface area contributed by atoms with E-state index in [0.29, 0.717) is 17.5 Å². The van der Waals surface area contributed by atoms with E-state index in [-0.39, 0.29) is 11.9 Å². The number of benzene rings is 1. The van der Waals surface area contributed by atoms with Gasteiger partial charge in [-0.25, -0.2) is 0 Å². The Morgan fingerprint density at radius 1 is 1.12 bits per heavy atom. The number of amides is 1. The van der Waals surface area contributed by atoms with E-state index in [2.05, 4.69) is 40.8 Å². The largest absolute Gasteiger partial charge is 0.396 e. The number of fused-ring (bicyclic) bond motifs is 1. The van der Waals surface area contributed by atoms with E-state index < -0.39 is 0 Å². The van der Waals surface area contributed by atoms with E-state index in [1.165, 1.54) is 12.0 Å². The molecule has 0 radical (unpaired) electrons. The number of pyridine rings is 1. The summed E-state index contributed by atoms with van der Waals surface area (Å²) >= 11 is 0. The number of rotatable bonds is 2. The van der Waals surface area contributed by atoms with Crippen LogP contribution < -0.4 is 10.6 Å². The zero-order chi connectivity index (χ0) is 18.3. The van der Waals surface area contributed by atoms with Crippen LogP contribution in [0.2, 0.25) is 0 Å². The number of anilines is 3. The number of nitrogen functional groups attached to an aromatic ring is 1. The average Bonchev–Trinajstić information content (AvgIpc) is 3.00. The van der Waals surface area contributed by atoms with E-state index in [4.69, 9.17) is 5.73 Å². The Hall–Kier alpha value is -2.56. The molecule has 5 heteroatoms. The van der Waals surface area contributed by atoms with E-state index in [1.54, 1.807) is 12.4 Å². The molecule has 1 amide bonds. The topological polar surface area (TPSA) is 62.5 Å². The first-order valence-electron chi connectivity index (χ1n) is 9.40. The van der Waals surface area contributed by atoms with Crippen LogP contribution in [0.15, 0.2) is 42.7 Å². The standard InChI is InChI=1S/C21H26N4O/c1-14-9-15(2)13-24(12-14)21(26)20-10-16-5-3-4-6-18(16)25(20)19-7-8-23-11-17(19)22/h3-8,11,14-15,20H,9-10,12-13,22H2,1-2H3/t14-,15+,20-/m0/s1. The van der Waals surface area contributed by atoms with E-state index in [0.717, 1.165) is 30.9 Å². The Morgan fingerprint density at radius 3 is 2.58 bits per heavy atom. The van der Waals surface area contributed by atoms with Crippen molar-refractivity contribution in [3.8, 4) is 0 Å². The molecule has 1 aromatic heterocycles. The van der Waals surface area contributed by atoms with Gasteiger partial charge in [-0.15, -0.1) is 0 Å². The number of aromatic nitrogens is 1. The quantitative estimate of drug-likeness (QED) is 0.903. The van der Waals surface area contributed by atoms with Crippen LogP contribution in [0.25, 0.3) is 0 Å². The third-order valence-corrected chi connectivity index (χ3v) is 5.53. The van der Waals surface area contributed by atoms with Crippen molar-refractivity contribution < 1.29 is 4.79 Å². The molecule has 1 aromatic carbocycles. The number of carbonyl (C=O) groups excluding carboxylic acids is 1. The van der Waals surface area contributed by atoms with Crippen molar-refractivity contribution in [2.45, 2.75) is 32.7 Å². The highest BCUT2D eigenvalue weighted by Gasteiger charge is 2.39. The number of piperidine rings is 1. The summed E-state index contributed by atoms with van der Waals surface area (Å²) in [7, 11) is 0. The molecule has 2 aliphatic rings. The molecular formula is C21H26N4O. The van der Waals surface area contributed by atoms with Crippen molar-refractivity contribution in [3.63, 3.8) is 0 Å². The molecule has 0 bridgehead atoms. The van der Waals surface area contributed by atoms with Crippen molar-refractivity contribution in [2.24, 2.45) is 11.8 Å². The van der Waals surface area contributed by atoms with Gasteiger partial charge >= 0.3 is 0 Å². The third kappa shape index (κ3) is 2.91. The van der Waals surface area contributed by atoms with Gasteiger partial charge < -0.3 is 15.5 Å². The Balaban J connectivity index is 1.71. The van der Waals surface area contributed by atoms with Crippen LogP contribution in [0.1, 0.15) is 25.8 Å². The molecule has 2 N–H and O–H groups in total. The average molecular weight is 350 g/mol. The fourth-order valence-corrected chi connectivity index (χ4v) is 4.55. The Labute approximate surface area is 154 Å². The second-order valence-electron chi connectivity index (χ2n) is 7.84. The lowest BCUT2D eigenvalue weighted by atomic mass is 9.91. The van der Waals surface area contributed by atoms with Crippen molar-refractivity contribution in [3.05, 3.63) is 48.3 Å². The molecule has 0 unspecified atom stereocenters. The van der Waals surface area contributed by atoms with E-state index in [1.807, 2.05) is 18.2 Å². The van der Waals surface area contributed by atoms with Crippen LogP contribution in [0.3, 0.4) is 0 Å². The van der Waals surface area contributed by atoms with Gasteiger partial charge in [0.05, 0.1) is 17.6 Å². The zero-order valence-electron chi connectivity index (χ0n) is 15.4. The Kier molecular flexibility index (Phi) is 4.31. The fourth-order valence-electron chi connectivity index (χ4n) is 4.55. The summed E-state index contributed by atoms with van der Waals surface area (Å²) in [5.74, 6) is 1.30. The molecule has 1 fully saturated rings. The highest BCUT2D eigenvalue weighted by atomic mass is 16.2. The van der Waals surface area contributed by atoms with Gasteiger partial charge in [-0.1, -0.05) is 32.0 Å². The third-order valence-electron chi connectivity index (χ3n) is 5.53. The van der Waals surface area contributed by atoms with Gasteiger partial charge in [0.2, 0.25) is 5.91 Å². The van der Waals surface area contributed by atoms with Gasteiger partial charge in [0, 0.05) is 31.4 Å². The Bertz CT molecular complexity index is 811. The minimum atomic E-state index is -0.241. The zero-order valence-corrected chi connectivity index (χ0v) is 15.4. The van der Waals surface area contributed by atoms with Crippen molar-refractivity contribution in [2.75, 3.05) is 23.7 Å². The molecule has 2 aromatic rings. The fraction of sp³-hybridized carbons (Fsp3) is 0.429. The lowest BCUT2D eigenvalue weighted by molar-refractivity contribution is -0.135. The summed E-state index contributed by atoms with van der Waals surface area (Å²) in [4.78, 5) is 21.8. The first-order chi connectivity index (χ1) is 12.5. The maximum atomic E-state index is 13.5. The molecule has 4 rings (SSSR count). The normalized spacial score (nSPS) is 25.2. The van der Waals surface area contributed by atoms with Crippen molar-refractivity contribution in [1.29, 1.82) is 0 Å². The number of nitrogens with two attached hydrogens (primary N) is 1. The first kappa shape index (κ1) is 16.9. The van der Waals surface area contributed by atoms with Crippen LogP contribution >= 0.6 is 0 Å². The number of likely N-dealkylation sites (tertiary alicyclic amines) is 1. The van der Waals surface area contributed by atoms with Gasteiger partial charge in [-0.2, -0.15) is 0 Å². The highest BCUT2D eigenvalue weighted by molar-refractivity contribution is 5.93. The van der Waals surface area contributed by atoms with Gasteiger partial charge in [0.15, 0.2) is 0 Å². The first-order valence-corrected chi connectivity index (χ1v) is 9.40. The lowest BCUT2D eigenvalue weighted by Gasteiger charge is -2.38.